The van der Waals surface area contributed by atoms with Gasteiger partial charge < -0.3 is 13.8 Å². The normalized spacial score (nSPS) is 34.2. The van der Waals surface area contributed by atoms with Crippen LogP contribution in [-0.4, -0.2) is 32.5 Å². The molecule has 0 bridgehead atoms. The molecule has 0 spiro atoms. The predicted octanol–water partition coefficient (Wildman–Crippen LogP) is 1.18. The second-order valence-corrected chi connectivity index (χ2v) is 5.06. The second-order valence-electron chi connectivity index (χ2n) is 2.74. The minimum absolute atomic E-state index is 0.374. The van der Waals surface area contributed by atoms with Gasteiger partial charge in [0.2, 0.25) is 0 Å². The molecule has 0 unspecified atom stereocenters. The number of hydrogen-bond donors (Lipinski definition) is 0. The number of ether oxygens (including phenoxy) is 1. The van der Waals surface area contributed by atoms with Crippen molar-refractivity contribution in [1.82, 2.24) is 0 Å². The molecule has 2 atom stereocenters. The van der Waals surface area contributed by atoms with Crippen molar-refractivity contribution in [2.75, 3.05) is 20.8 Å². The molecule has 1 heterocycles. The van der Waals surface area contributed by atoms with E-state index in [9.17, 15) is 9.36 Å². The van der Waals surface area contributed by atoms with Crippen LogP contribution in [0.2, 0.25) is 0 Å². The number of esters is 1. The fourth-order valence-corrected chi connectivity index (χ4v) is 3.07. The third-order valence-electron chi connectivity index (χ3n) is 2.00. The van der Waals surface area contributed by atoms with Gasteiger partial charge in [-0.05, 0) is 12.8 Å². The minimum atomic E-state index is -3.25. The van der Waals surface area contributed by atoms with Crippen molar-refractivity contribution < 1.29 is 23.1 Å². The summed E-state index contributed by atoms with van der Waals surface area (Å²) in [4.78, 5) is 11.2. The van der Waals surface area contributed by atoms with Crippen LogP contribution < -0.4 is 0 Å². The molecule has 0 aromatic carbocycles. The Morgan fingerprint density at radius 2 is 2.23 bits per heavy atom. The Morgan fingerprint density at radius 3 is 2.77 bits per heavy atom. The first kappa shape index (κ1) is 10.7. The third kappa shape index (κ3) is 2.10. The lowest BCUT2D eigenvalue weighted by Crippen LogP contribution is -2.28. The van der Waals surface area contributed by atoms with Gasteiger partial charge in [0.15, 0.2) is 5.66 Å². The lowest BCUT2D eigenvalue weighted by molar-refractivity contribution is -0.141. The molecule has 76 valence electrons. The van der Waals surface area contributed by atoms with E-state index in [1.165, 1.54) is 14.2 Å². The molecule has 13 heavy (non-hydrogen) atoms. The zero-order valence-corrected chi connectivity index (χ0v) is 8.58. The van der Waals surface area contributed by atoms with E-state index in [0.717, 1.165) is 0 Å². The average Bonchev–Trinajstić information content (AvgIpc) is 2.17. The molecule has 1 aliphatic rings. The maximum Gasteiger partial charge on any atom is 0.344 e. The molecular weight excluding hydrogens is 195 g/mol. The van der Waals surface area contributed by atoms with Gasteiger partial charge >= 0.3 is 13.6 Å². The Bertz CT molecular complexity index is 239. The van der Waals surface area contributed by atoms with E-state index >= 15 is 0 Å². The van der Waals surface area contributed by atoms with Crippen LogP contribution in [0.3, 0.4) is 0 Å². The summed E-state index contributed by atoms with van der Waals surface area (Å²) in [6, 6.07) is 0. The molecule has 0 aromatic heterocycles. The lowest BCUT2D eigenvalue weighted by atomic mass is 10.2. The van der Waals surface area contributed by atoms with Crippen LogP contribution in [0.4, 0.5) is 0 Å². The summed E-state index contributed by atoms with van der Waals surface area (Å²) < 4.78 is 26.0. The van der Waals surface area contributed by atoms with Gasteiger partial charge in [0.1, 0.15) is 0 Å². The van der Waals surface area contributed by atoms with Gasteiger partial charge in [-0.25, -0.2) is 0 Å². The number of rotatable bonds is 2. The van der Waals surface area contributed by atoms with Crippen molar-refractivity contribution >= 4 is 13.6 Å². The van der Waals surface area contributed by atoms with Crippen LogP contribution in [0.5, 0.6) is 0 Å². The van der Waals surface area contributed by atoms with Crippen LogP contribution in [0.25, 0.3) is 0 Å². The molecule has 0 radical (unpaired) electrons. The van der Waals surface area contributed by atoms with Crippen LogP contribution in [-0.2, 0) is 23.1 Å². The highest BCUT2D eigenvalue weighted by Crippen LogP contribution is 2.56. The van der Waals surface area contributed by atoms with Crippen LogP contribution >= 0.6 is 7.60 Å². The molecule has 0 N–H and O–H groups in total. The van der Waals surface area contributed by atoms with Crippen molar-refractivity contribution in [2.24, 2.45) is 0 Å². The molecule has 5 nitrogen and oxygen atoms in total. The molecule has 1 aliphatic heterocycles. The Kier molecular flexibility index (Phi) is 3.47. The molecule has 0 saturated carbocycles. The van der Waals surface area contributed by atoms with Crippen molar-refractivity contribution in [1.29, 1.82) is 0 Å². The summed E-state index contributed by atoms with van der Waals surface area (Å²) in [5.74, 6) is -0.523. The quantitative estimate of drug-likeness (QED) is 0.503. The van der Waals surface area contributed by atoms with E-state index in [-0.39, 0.29) is 0 Å². The number of hydrogen-bond acceptors (Lipinski definition) is 5. The molecule has 6 heteroatoms. The second kappa shape index (κ2) is 4.22. The molecule has 0 amide bonds. The van der Waals surface area contributed by atoms with E-state index in [1.807, 2.05) is 0 Å². The fourth-order valence-electron chi connectivity index (χ4n) is 1.28. The number of carbonyl (C=O) groups excluding carboxylic acids is 1. The van der Waals surface area contributed by atoms with Crippen LogP contribution in [0.1, 0.15) is 12.8 Å². The van der Waals surface area contributed by atoms with E-state index in [2.05, 4.69) is 4.74 Å². The van der Waals surface area contributed by atoms with Gasteiger partial charge in [-0.3, -0.25) is 9.36 Å². The molecular formula is C7H13O5P. The van der Waals surface area contributed by atoms with Crippen molar-refractivity contribution in [3.8, 4) is 0 Å². The van der Waals surface area contributed by atoms with E-state index in [4.69, 9.17) is 9.05 Å². The Hall–Kier alpha value is -0.380. The Balaban J connectivity index is 2.79. The van der Waals surface area contributed by atoms with Gasteiger partial charge in [0.25, 0.3) is 0 Å². The minimum Gasteiger partial charge on any atom is -0.468 e. The van der Waals surface area contributed by atoms with Crippen molar-refractivity contribution in [3.63, 3.8) is 0 Å². The van der Waals surface area contributed by atoms with Gasteiger partial charge in [-0.15, -0.1) is 0 Å². The lowest BCUT2D eigenvalue weighted by Gasteiger charge is -2.27. The maximum atomic E-state index is 11.8. The highest BCUT2D eigenvalue weighted by atomic mass is 31.2. The fraction of sp³-hybridized carbons (Fsp3) is 0.857. The first-order valence-electron chi connectivity index (χ1n) is 4.02. The predicted molar refractivity (Wildman–Crippen MR) is 45.6 cm³/mol. The summed E-state index contributed by atoms with van der Waals surface area (Å²) in [5, 5.41) is 0. The van der Waals surface area contributed by atoms with E-state index < -0.39 is 19.2 Å². The molecule has 1 rings (SSSR count). The Morgan fingerprint density at radius 1 is 1.54 bits per heavy atom. The topological polar surface area (TPSA) is 61.8 Å². The Labute approximate surface area is 76.9 Å². The van der Waals surface area contributed by atoms with Crippen LogP contribution in [0, 0.1) is 0 Å². The first-order valence-corrected chi connectivity index (χ1v) is 5.63. The molecule has 0 aromatic rings. The van der Waals surface area contributed by atoms with E-state index in [0.29, 0.717) is 19.4 Å². The van der Waals surface area contributed by atoms with Crippen LogP contribution in [0.15, 0.2) is 0 Å². The van der Waals surface area contributed by atoms with Crippen molar-refractivity contribution in [2.45, 2.75) is 18.5 Å². The monoisotopic (exact) mass is 208 g/mol. The maximum absolute atomic E-state index is 11.8. The molecule has 0 aliphatic carbocycles. The summed E-state index contributed by atoms with van der Waals surface area (Å²) in [5.41, 5.74) is -0.753. The van der Waals surface area contributed by atoms with Gasteiger partial charge in [0.05, 0.1) is 13.7 Å². The highest BCUT2D eigenvalue weighted by Gasteiger charge is 2.43. The third-order valence-corrected chi connectivity index (χ3v) is 4.29. The van der Waals surface area contributed by atoms with E-state index in [1.54, 1.807) is 0 Å². The first-order chi connectivity index (χ1) is 6.14. The zero-order chi connectivity index (χ0) is 9.90. The smallest absolute Gasteiger partial charge is 0.344 e. The number of carbonyl (C=O) groups is 1. The molecule has 1 fully saturated rings. The largest absolute Gasteiger partial charge is 0.468 e. The zero-order valence-electron chi connectivity index (χ0n) is 7.69. The van der Waals surface area contributed by atoms with Gasteiger partial charge in [-0.1, -0.05) is 0 Å². The summed E-state index contributed by atoms with van der Waals surface area (Å²) in [6.07, 6.45) is 1.20. The standard InChI is InChI=1S/C7H13O5P/c1-10-7(8)6-4-3-5-12-13(6,9)11-2/h6H,3-5H2,1-2H3/t6-,13-/m1/s1. The summed E-state index contributed by atoms with van der Waals surface area (Å²) >= 11 is 0. The summed E-state index contributed by atoms with van der Waals surface area (Å²) in [7, 11) is -0.711. The summed E-state index contributed by atoms with van der Waals surface area (Å²) in [6.45, 7) is 0.374. The van der Waals surface area contributed by atoms with Gasteiger partial charge in [0, 0.05) is 7.11 Å². The highest BCUT2D eigenvalue weighted by molar-refractivity contribution is 7.55. The van der Waals surface area contributed by atoms with Crippen molar-refractivity contribution in [3.05, 3.63) is 0 Å². The molecule has 1 saturated heterocycles. The average molecular weight is 208 g/mol. The SMILES string of the molecule is COC(=O)[C@H]1CCCO[P@]1(=O)OC. The number of methoxy groups -OCH3 is 1. The van der Waals surface area contributed by atoms with Gasteiger partial charge in [-0.2, -0.15) is 0 Å².